The van der Waals surface area contributed by atoms with Gasteiger partial charge in [0.2, 0.25) is 0 Å². The van der Waals surface area contributed by atoms with Crippen molar-refractivity contribution in [3.05, 3.63) is 40.2 Å². The van der Waals surface area contributed by atoms with E-state index < -0.39 is 5.97 Å². The Kier molecular flexibility index (Phi) is 3.24. The van der Waals surface area contributed by atoms with Gasteiger partial charge in [0, 0.05) is 6.54 Å². The highest BCUT2D eigenvalue weighted by molar-refractivity contribution is 7.07. The number of hydrogen-bond acceptors (Lipinski definition) is 5. The molecule has 0 aliphatic rings. The van der Waals surface area contributed by atoms with Gasteiger partial charge in [0.25, 0.3) is 0 Å². The average molecular weight is 249 g/mol. The fourth-order valence-electron chi connectivity index (χ4n) is 1.33. The summed E-state index contributed by atoms with van der Waals surface area (Å²) in [6, 6.07) is 3.43. The number of rotatable bonds is 4. The van der Waals surface area contributed by atoms with Gasteiger partial charge in [-0.25, -0.2) is 9.78 Å². The van der Waals surface area contributed by atoms with Crippen molar-refractivity contribution in [3.8, 4) is 0 Å². The molecule has 2 aromatic rings. The molecular weight excluding hydrogens is 238 g/mol. The minimum absolute atomic E-state index is 0.0628. The second-order valence-electron chi connectivity index (χ2n) is 3.45. The Balaban J connectivity index is 2.11. The maximum absolute atomic E-state index is 10.9. The Labute approximate surface area is 102 Å². The molecule has 88 valence electrons. The summed E-state index contributed by atoms with van der Waals surface area (Å²) in [5.74, 6) is -0.550. The molecule has 0 aliphatic carbocycles. The van der Waals surface area contributed by atoms with Crippen LogP contribution in [0.5, 0.6) is 0 Å². The van der Waals surface area contributed by atoms with Crippen LogP contribution in [0.1, 0.15) is 15.9 Å². The maximum Gasteiger partial charge on any atom is 0.337 e. The third-order valence-corrected chi connectivity index (χ3v) is 2.95. The van der Waals surface area contributed by atoms with Crippen LogP contribution in [0.4, 0.5) is 11.5 Å². The van der Waals surface area contributed by atoms with E-state index in [2.05, 4.69) is 10.3 Å². The molecule has 2 heterocycles. The lowest BCUT2D eigenvalue weighted by Gasteiger charge is -2.06. The summed E-state index contributed by atoms with van der Waals surface area (Å²) in [5.41, 5.74) is 6.87. The number of carbonyl (C=O) groups is 1. The normalized spacial score (nSPS) is 10.1. The molecule has 0 spiro atoms. The molecule has 2 aromatic heterocycles. The lowest BCUT2D eigenvalue weighted by Crippen LogP contribution is -2.06. The summed E-state index contributed by atoms with van der Waals surface area (Å²) >= 11 is 1.61. The Bertz CT molecular complexity index is 526. The molecule has 0 fully saturated rings. The van der Waals surface area contributed by atoms with Crippen LogP contribution in [-0.4, -0.2) is 16.1 Å². The molecule has 0 aliphatic heterocycles. The monoisotopic (exact) mass is 249 g/mol. The lowest BCUT2D eigenvalue weighted by molar-refractivity contribution is 0.0698. The van der Waals surface area contributed by atoms with E-state index in [0.717, 1.165) is 5.56 Å². The molecule has 0 aromatic carbocycles. The first kappa shape index (κ1) is 11.4. The molecule has 6 heteroatoms. The Morgan fingerprint density at radius 2 is 2.41 bits per heavy atom. The van der Waals surface area contributed by atoms with Crippen LogP contribution >= 0.6 is 11.3 Å². The van der Waals surface area contributed by atoms with Crippen molar-refractivity contribution in [1.29, 1.82) is 0 Å². The number of nitrogens with one attached hydrogen (secondary N) is 1. The number of nitrogen functional groups attached to an aromatic ring is 1. The molecule has 0 unspecified atom stereocenters. The summed E-state index contributed by atoms with van der Waals surface area (Å²) in [5, 5.41) is 16.0. The third-order valence-electron chi connectivity index (χ3n) is 2.22. The van der Waals surface area contributed by atoms with Gasteiger partial charge in [-0.1, -0.05) is 0 Å². The van der Waals surface area contributed by atoms with Crippen molar-refractivity contribution in [2.24, 2.45) is 0 Å². The molecule has 2 rings (SSSR count). The molecule has 0 saturated heterocycles. The van der Waals surface area contributed by atoms with E-state index in [1.54, 1.807) is 11.3 Å². The average Bonchev–Trinajstić information content (AvgIpc) is 2.80. The Hall–Kier alpha value is -2.08. The standard InChI is InChI=1S/C11H11N3O2S/c12-9-5-14-10(3-8(9)11(15)16)13-4-7-1-2-17-6-7/h1-3,5-6H,4,12H2,(H,13,14)(H,15,16). The minimum atomic E-state index is -1.05. The smallest absolute Gasteiger partial charge is 0.337 e. The van der Waals surface area contributed by atoms with E-state index in [0.29, 0.717) is 12.4 Å². The van der Waals surface area contributed by atoms with Gasteiger partial charge in [0.15, 0.2) is 0 Å². The highest BCUT2D eigenvalue weighted by Gasteiger charge is 2.09. The SMILES string of the molecule is Nc1cnc(NCc2ccsc2)cc1C(=O)O. The number of hydrogen-bond donors (Lipinski definition) is 3. The number of nitrogens with two attached hydrogens (primary N) is 1. The van der Waals surface area contributed by atoms with Crippen LogP contribution in [0.25, 0.3) is 0 Å². The number of carboxylic acid groups (broad SMARTS) is 1. The molecule has 0 atom stereocenters. The van der Waals surface area contributed by atoms with Crippen molar-refractivity contribution in [1.82, 2.24) is 4.98 Å². The van der Waals surface area contributed by atoms with Gasteiger partial charge in [-0.3, -0.25) is 0 Å². The van der Waals surface area contributed by atoms with Crippen LogP contribution < -0.4 is 11.1 Å². The third kappa shape index (κ3) is 2.73. The van der Waals surface area contributed by atoms with Gasteiger partial charge in [0.05, 0.1) is 17.4 Å². The quantitative estimate of drug-likeness (QED) is 0.771. The second-order valence-corrected chi connectivity index (χ2v) is 4.23. The zero-order valence-electron chi connectivity index (χ0n) is 8.88. The number of pyridine rings is 1. The van der Waals surface area contributed by atoms with Crippen LogP contribution in [0.2, 0.25) is 0 Å². The van der Waals surface area contributed by atoms with Crippen LogP contribution in [0.15, 0.2) is 29.1 Å². The molecular formula is C11H11N3O2S. The number of aromatic carboxylic acids is 1. The summed E-state index contributed by atoms with van der Waals surface area (Å²) in [7, 11) is 0. The maximum atomic E-state index is 10.9. The number of anilines is 2. The van der Waals surface area contributed by atoms with E-state index in [-0.39, 0.29) is 11.3 Å². The van der Waals surface area contributed by atoms with Gasteiger partial charge >= 0.3 is 5.97 Å². The van der Waals surface area contributed by atoms with Gasteiger partial charge in [-0.2, -0.15) is 11.3 Å². The fourth-order valence-corrected chi connectivity index (χ4v) is 2.00. The van der Waals surface area contributed by atoms with Gasteiger partial charge < -0.3 is 16.2 Å². The summed E-state index contributed by atoms with van der Waals surface area (Å²) in [6.07, 6.45) is 1.35. The zero-order valence-corrected chi connectivity index (χ0v) is 9.70. The molecule has 17 heavy (non-hydrogen) atoms. The highest BCUT2D eigenvalue weighted by atomic mass is 32.1. The van der Waals surface area contributed by atoms with Gasteiger partial charge in [-0.05, 0) is 28.5 Å². The van der Waals surface area contributed by atoms with Crippen molar-refractivity contribution >= 4 is 28.8 Å². The largest absolute Gasteiger partial charge is 0.478 e. The first-order valence-corrected chi connectivity index (χ1v) is 5.85. The van der Waals surface area contributed by atoms with Crippen LogP contribution in [0.3, 0.4) is 0 Å². The lowest BCUT2D eigenvalue weighted by atomic mass is 10.2. The first-order chi connectivity index (χ1) is 8.16. The van der Waals surface area contributed by atoms with Crippen molar-refractivity contribution in [3.63, 3.8) is 0 Å². The number of nitrogens with zero attached hydrogens (tertiary/aromatic N) is 1. The molecule has 5 nitrogen and oxygen atoms in total. The van der Waals surface area contributed by atoms with Gasteiger partial charge in [-0.15, -0.1) is 0 Å². The topological polar surface area (TPSA) is 88.2 Å². The van der Waals surface area contributed by atoms with E-state index in [4.69, 9.17) is 10.8 Å². The summed E-state index contributed by atoms with van der Waals surface area (Å²) in [6.45, 7) is 0.611. The Morgan fingerprint density at radius 3 is 3.06 bits per heavy atom. The highest BCUT2D eigenvalue weighted by Crippen LogP contribution is 2.16. The number of thiophene rings is 1. The minimum Gasteiger partial charge on any atom is -0.478 e. The molecule has 0 bridgehead atoms. The summed E-state index contributed by atoms with van der Waals surface area (Å²) in [4.78, 5) is 14.9. The van der Waals surface area contributed by atoms with E-state index in [9.17, 15) is 4.79 Å². The first-order valence-electron chi connectivity index (χ1n) is 4.90. The number of carboxylic acids is 1. The second kappa shape index (κ2) is 4.84. The summed E-state index contributed by atoms with van der Waals surface area (Å²) < 4.78 is 0. The van der Waals surface area contributed by atoms with E-state index >= 15 is 0 Å². The molecule has 4 N–H and O–H groups in total. The van der Waals surface area contributed by atoms with E-state index in [1.807, 2.05) is 16.8 Å². The fraction of sp³-hybridized carbons (Fsp3) is 0.0909. The zero-order chi connectivity index (χ0) is 12.3. The van der Waals surface area contributed by atoms with Crippen molar-refractivity contribution < 1.29 is 9.90 Å². The molecule has 0 amide bonds. The van der Waals surface area contributed by atoms with Gasteiger partial charge in [0.1, 0.15) is 5.82 Å². The molecule has 0 saturated carbocycles. The van der Waals surface area contributed by atoms with Crippen molar-refractivity contribution in [2.45, 2.75) is 6.54 Å². The predicted octanol–water partition coefficient (Wildman–Crippen LogP) is 2.04. The Morgan fingerprint density at radius 1 is 1.59 bits per heavy atom. The van der Waals surface area contributed by atoms with Crippen LogP contribution in [0, 0.1) is 0 Å². The van der Waals surface area contributed by atoms with Crippen LogP contribution in [-0.2, 0) is 6.54 Å². The van der Waals surface area contributed by atoms with Crippen molar-refractivity contribution in [2.75, 3.05) is 11.1 Å². The number of aromatic nitrogens is 1. The predicted molar refractivity (Wildman–Crippen MR) is 67.3 cm³/mol. The van der Waals surface area contributed by atoms with E-state index in [1.165, 1.54) is 12.3 Å². The molecule has 0 radical (unpaired) electrons.